The molecule has 0 aliphatic rings. The molecular weight excluding hydrogens is 255 g/mol. The van der Waals surface area contributed by atoms with Gasteiger partial charge >= 0.3 is 0 Å². The molecule has 0 fully saturated rings. The Labute approximate surface area is 115 Å². The molecule has 0 aliphatic heterocycles. The summed E-state index contributed by atoms with van der Waals surface area (Å²) in [6.07, 6.45) is 1.45. The first-order chi connectivity index (χ1) is 9.66. The first-order valence-electron chi connectivity index (χ1n) is 6.15. The molecule has 0 amide bonds. The summed E-state index contributed by atoms with van der Waals surface area (Å²) in [7, 11) is 1.77. The Balaban J connectivity index is 2.17. The number of nitrogens with two attached hydrogens (primary N) is 1. The van der Waals surface area contributed by atoms with Gasteiger partial charge in [0.25, 0.3) is 0 Å². The number of halogens is 1. The van der Waals surface area contributed by atoms with E-state index in [1.165, 1.54) is 12.4 Å². The number of para-hydroxylation sites is 1. The molecule has 0 unspecified atom stereocenters. The van der Waals surface area contributed by atoms with Crippen LogP contribution in [0.1, 0.15) is 0 Å². The quantitative estimate of drug-likeness (QED) is 0.725. The molecule has 100 valence electrons. The summed E-state index contributed by atoms with van der Waals surface area (Å²) in [5.74, 6) is 0.345. The van der Waals surface area contributed by atoms with Crippen LogP contribution in [-0.2, 0) is 0 Å². The smallest absolute Gasteiger partial charge is 0.146 e. The second-order valence-corrected chi connectivity index (χ2v) is 4.48. The summed E-state index contributed by atoms with van der Waals surface area (Å²) in [6.45, 7) is 0. The Morgan fingerprint density at radius 1 is 1.10 bits per heavy atom. The third-order valence-corrected chi connectivity index (χ3v) is 3.17. The zero-order chi connectivity index (χ0) is 14.1. The van der Waals surface area contributed by atoms with Crippen LogP contribution in [0.15, 0.2) is 48.8 Å². The van der Waals surface area contributed by atoms with Crippen LogP contribution in [0.3, 0.4) is 0 Å². The molecule has 3 aromatic rings. The van der Waals surface area contributed by atoms with Crippen LogP contribution in [0.5, 0.6) is 0 Å². The highest BCUT2D eigenvalue weighted by molar-refractivity contribution is 5.92. The lowest BCUT2D eigenvalue weighted by Crippen LogP contribution is -2.13. The fourth-order valence-corrected chi connectivity index (χ4v) is 2.16. The van der Waals surface area contributed by atoms with E-state index in [1.54, 1.807) is 42.3 Å². The van der Waals surface area contributed by atoms with Gasteiger partial charge in [-0.25, -0.2) is 14.4 Å². The number of anilines is 3. The van der Waals surface area contributed by atoms with Crippen molar-refractivity contribution < 1.29 is 4.39 Å². The topological polar surface area (TPSA) is 55.0 Å². The molecule has 0 radical (unpaired) electrons. The van der Waals surface area contributed by atoms with Gasteiger partial charge in [0.1, 0.15) is 18.0 Å². The van der Waals surface area contributed by atoms with Gasteiger partial charge in [-0.15, -0.1) is 0 Å². The third kappa shape index (κ3) is 2.03. The number of aromatic nitrogens is 2. The van der Waals surface area contributed by atoms with E-state index in [0.29, 0.717) is 17.2 Å². The van der Waals surface area contributed by atoms with Gasteiger partial charge in [0, 0.05) is 18.1 Å². The molecule has 0 atom stereocenters. The third-order valence-electron chi connectivity index (χ3n) is 3.17. The number of hydrogen-bond donors (Lipinski definition) is 1. The Hall–Kier alpha value is -2.69. The van der Waals surface area contributed by atoms with Crippen molar-refractivity contribution in [1.82, 2.24) is 9.97 Å². The van der Waals surface area contributed by atoms with Gasteiger partial charge in [-0.1, -0.05) is 12.1 Å². The molecule has 1 aromatic heterocycles. The van der Waals surface area contributed by atoms with Crippen molar-refractivity contribution in [3.63, 3.8) is 0 Å². The van der Waals surface area contributed by atoms with Crippen LogP contribution in [0, 0.1) is 5.82 Å². The minimum Gasteiger partial charge on any atom is -0.399 e. The maximum absolute atomic E-state index is 13.9. The van der Waals surface area contributed by atoms with Gasteiger partial charge < -0.3 is 10.6 Å². The highest BCUT2D eigenvalue weighted by Crippen LogP contribution is 2.30. The van der Waals surface area contributed by atoms with Crippen molar-refractivity contribution in [2.45, 2.75) is 0 Å². The fourth-order valence-electron chi connectivity index (χ4n) is 2.16. The van der Waals surface area contributed by atoms with E-state index in [0.717, 1.165) is 10.9 Å². The zero-order valence-corrected chi connectivity index (χ0v) is 10.9. The van der Waals surface area contributed by atoms with Crippen LogP contribution in [0.25, 0.3) is 10.9 Å². The molecule has 5 heteroatoms. The van der Waals surface area contributed by atoms with E-state index >= 15 is 0 Å². The molecule has 0 bridgehead atoms. The average molecular weight is 268 g/mol. The van der Waals surface area contributed by atoms with Crippen molar-refractivity contribution in [3.8, 4) is 0 Å². The van der Waals surface area contributed by atoms with E-state index in [1.807, 2.05) is 6.07 Å². The number of fused-ring (bicyclic) bond motifs is 1. The van der Waals surface area contributed by atoms with Crippen molar-refractivity contribution in [2.24, 2.45) is 0 Å². The van der Waals surface area contributed by atoms with Crippen molar-refractivity contribution in [1.29, 1.82) is 0 Å². The Bertz CT molecular complexity index is 773. The average Bonchev–Trinajstić information content (AvgIpc) is 2.46. The van der Waals surface area contributed by atoms with Crippen LogP contribution >= 0.6 is 0 Å². The normalized spacial score (nSPS) is 10.7. The van der Waals surface area contributed by atoms with E-state index in [2.05, 4.69) is 9.97 Å². The van der Waals surface area contributed by atoms with Crippen LogP contribution < -0.4 is 10.6 Å². The predicted octanol–water partition coefficient (Wildman–Crippen LogP) is 3.12. The molecule has 0 spiro atoms. The number of benzene rings is 2. The molecule has 0 saturated heterocycles. The molecule has 2 N–H and O–H groups in total. The Morgan fingerprint density at radius 3 is 2.70 bits per heavy atom. The van der Waals surface area contributed by atoms with Gasteiger partial charge in [-0.05, 0) is 30.3 Å². The van der Waals surface area contributed by atoms with Crippen molar-refractivity contribution >= 4 is 28.1 Å². The van der Waals surface area contributed by atoms with Crippen LogP contribution in [-0.4, -0.2) is 17.0 Å². The second-order valence-electron chi connectivity index (χ2n) is 4.48. The summed E-state index contributed by atoms with van der Waals surface area (Å²) in [6, 6.07) is 12.0. The van der Waals surface area contributed by atoms with E-state index in [4.69, 9.17) is 5.73 Å². The Kier molecular flexibility index (Phi) is 2.95. The maximum Gasteiger partial charge on any atom is 0.146 e. The van der Waals surface area contributed by atoms with Crippen LogP contribution in [0.4, 0.5) is 21.6 Å². The molecule has 2 aromatic carbocycles. The first-order valence-corrected chi connectivity index (χ1v) is 6.15. The lowest BCUT2D eigenvalue weighted by molar-refractivity contribution is 0.627. The van der Waals surface area contributed by atoms with Crippen molar-refractivity contribution in [2.75, 3.05) is 17.7 Å². The number of nitrogen functional groups attached to an aromatic ring is 1. The lowest BCUT2D eigenvalue weighted by atomic mass is 10.2. The highest BCUT2D eigenvalue weighted by Gasteiger charge is 2.13. The van der Waals surface area contributed by atoms with Gasteiger partial charge in [0.15, 0.2) is 0 Å². The van der Waals surface area contributed by atoms with Gasteiger partial charge in [-0.3, -0.25) is 0 Å². The monoisotopic (exact) mass is 268 g/mol. The summed E-state index contributed by atoms with van der Waals surface area (Å²) < 4.78 is 13.9. The Morgan fingerprint density at radius 2 is 1.90 bits per heavy atom. The fraction of sp³-hybridized carbons (Fsp3) is 0.0667. The second kappa shape index (κ2) is 4.77. The van der Waals surface area contributed by atoms with E-state index < -0.39 is 0 Å². The molecule has 0 aliphatic carbocycles. The predicted molar refractivity (Wildman–Crippen MR) is 78.4 cm³/mol. The standard InChI is InChI=1S/C15H13FN4/c1-20(14-5-3-2-4-12(14)16)15-11-7-6-10(17)8-13(11)18-9-19-15/h2-9H,17H2,1H3. The number of hydrogen-bond acceptors (Lipinski definition) is 4. The highest BCUT2D eigenvalue weighted by atomic mass is 19.1. The summed E-state index contributed by atoms with van der Waals surface area (Å²) >= 11 is 0. The number of nitrogens with zero attached hydrogens (tertiary/aromatic N) is 3. The SMILES string of the molecule is CN(c1ccccc1F)c1ncnc2cc(N)ccc12. The van der Waals surface area contributed by atoms with Crippen molar-refractivity contribution in [3.05, 3.63) is 54.6 Å². The summed E-state index contributed by atoms with van der Waals surface area (Å²) in [5, 5.41) is 0.826. The van der Waals surface area contributed by atoms with Gasteiger partial charge in [0.2, 0.25) is 0 Å². The summed E-state index contributed by atoms with van der Waals surface area (Å²) in [4.78, 5) is 10.2. The molecule has 4 nitrogen and oxygen atoms in total. The first kappa shape index (κ1) is 12.3. The molecule has 20 heavy (non-hydrogen) atoms. The molecule has 3 rings (SSSR count). The number of rotatable bonds is 2. The zero-order valence-electron chi connectivity index (χ0n) is 10.9. The van der Waals surface area contributed by atoms with Crippen LogP contribution in [0.2, 0.25) is 0 Å². The minimum atomic E-state index is -0.294. The minimum absolute atomic E-state index is 0.294. The molecule has 0 saturated carbocycles. The largest absolute Gasteiger partial charge is 0.399 e. The van der Waals surface area contributed by atoms with Gasteiger partial charge in [0.05, 0.1) is 11.2 Å². The lowest BCUT2D eigenvalue weighted by Gasteiger charge is -2.20. The summed E-state index contributed by atoms with van der Waals surface area (Å²) in [5.41, 5.74) is 7.58. The molecule has 1 heterocycles. The molecular formula is C15H13FN4. The van der Waals surface area contributed by atoms with E-state index in [-0.39, 0.29) is 5.82 Å². The maximum atomic E-state index is 13.9. The van der Waals surface area contributed by atoms with Gasteiger partial charge in [-0.2, -0.15) is 0 Å². The van der Waals surface area contributed by atoms with E-state index in [9.17, 15) is 4.39 Å².